The lowest BCUT2D eigenvalue weighted by atomic mass is 10.1. The van der Waals surface area contributed by atoms with Gasteiger partial charge in [-0.05, 0) is 37.5 Å². The van der Waals surface area contributed by atoms with Crippen LogP contribution in [0.1, 0.15) is 44.7 Å². The molecule has 2 atom stereocenters. The van der Waals surface area contributed by atoms with Crippen molar-refractivity contribution in [3.8, 4) is 5.75 Å². The first-order valence-electron chi connectivity index (χ1n) is 11.5. The van der Waals surface area contributed by atoms with Crippen LogP contribution in [-0.4, -0.2) is 61.4 Å². The molecule has 1 N–H and O–H groups in total. The van der Waals surface area contributed by atoms with E-state index in [2.05, 4.69) is 20.1 Å². The molecule has 0 bridgehead atoms. The molecular formula is C24H32ClN5O3. The number of hydrogen-bond donors (Lipinski definition) is 1. The molecule has 1 aromatic carbocycles. The van der Waals surface area contributed by atoms with Crippen LogP contribution in [0, 0.1) is 0 Å². The third-order valence-corrected chi connectivity index (χ3v) is 6.58. The van der Waals surface area contributed by atoms with Crippen molar-refractivity contribution in [2.45, 2.75) is 51.4 Å². The average Bonchev–Trinajstić information content (AvgIpc) is 3.27. The highest BCUT2D eigenvalue weighted by molar-refractivity contribution is 6.32. The lowest BCUT2D eigenvalue weighted by Gasteiger charge is -2.31. The van der Waals surface area contributed by atoms with E-state index in [9.17, 15) is 4.79 Å². The van der Waals surface area contributed by atoms with Crippen LogP contribution < -0.4 is 19.9 Å². The molecule has 2 saturated heterocycles. The van der Waals surface area contributed by atoms with E-state index in [4.69, 9.17) is 26.1 Å². The number of nitrogens with zero attached hydrogens (tertiary/aromatic N) is 4. The first kappa shape index (κ1) is 23.6. The zero-order valence-electron chi connectivity index (χ0n) is 19.5. The van der Waals surface area contributed by atoms with E-state index in [-0.39, 0.29) is 18.1 Å². The molecule has 0 unspecified atom stereocenters. The molecule has 3 heterocycles. The van der Waals surface area contributed by atoms with Crippen LogP contribution in [-0.2, 0) is 9.53 Å². The molecule has 4 rings (SSSR count). The fraction of sp³-hybridized carbons (Fsp3) is 0.542. The van der Waals surface area contributed by atoms with E-state index < -0.39 is 0 Å². The molecule has 2 aliphatic rings. The summed E-state index contributed by atoms with van der Waals surface area (Å²) >= 11 is 6.48. The van der Waals surface area contributed by atoms with Crippen molar-refractivity contribution in [1.82, 2.24) is 15.3 Å². The first-order valence-corrected chi connectivity index (χ1v) is 11.9. The van der Waals surface area contributed by atoms with E-state index in [0.29, 0.717) is 17.7 Å². The fourth-order valence-electron chi connectivity index (χ4n) is 4.45. The summed E-state index contributed by atoms with van der Waals surface area (Å²) in [4.78, 5) is 24.9. The third kappa shape index (κ3) is 5.86. The largest absolute Gasteiger partial charge is 0.489 e. The predicted octanol–water partition coefficient (Wildman–Crippen LogP) is 3.60. The predicted molar refractivity (Wildman–Crippen MR) is 129 cm³/mol. The molecule has 33 heavy (non-hydrogen) atoms. The smallest absolute Gasteiger partial charge is 0.227 e. The number of amides is 1. The summed E-state index contributed by atoms with van der Waals surface area (Å²) in [7, 11) is 1.77. The molecule has 178 valence electrons. The molecule has 0 aliphatic carbocycles. The fourth-order valence-corrected chi connectivity index (χ4v) is 4.66. The van der Waals surface area contributed by atoms with Gasteiger partial charge in [0, 0.05) is 40.1 Å². The van der Waals surface area contributed by atoms with Crippen LogP contribution in [0.15, 0.2) is 30.5 Å². The van der Waals surface area contributed by atoms with Crippen molar-refractivity contribution in [2.24, 2.45) is 0 Å². The molecule has 2 aliphatic heterocycles. The molecule has 0 spiro atoms. The van der Waals surface area contributed by atoms with Crippen molar-refractivity contribution in [2.75, 3.05) is 43.1 Å². The highest BCUT2D eigenvalue weighted by atomic mass is 35.5. The summed E-state index contributed by atoms with van der Waals surface area (Å²) in [6.45, 7) is 6.78. The summed E-state index contributed by atoms with van der Waals surface area (Å²) < 4.78 is 11.7. The maximum atomic E-state index is 11.3. The standard InChI is InChI=1S/C24H32ClN5O3/c1-16(27-17(2)31)18-4-6-20(7-5-18)33-21-10-13-30(15-21)23-22(25)14-26-24(28-23)29-11-8-19(32-3)9-12-29/h4-7,14,16,19,21H,8-13,15H2,1-3H3,(H,27,31)/t16-,21+/m0/s1. The van der Waals surface area contributed by atoms with Gasteiger partial charge in [-0.2, -0.15) is 4.98 Å². The normalized spacial score (nSPS) is 20.1. The SMILES string of the molecule is COC1CCN(c2ncc(Cl)c(N3CC[C@@H](Oc4ccc([C@H](C)NC(C)=O)cc4)C3)n2)CC1. The Morgan fingerprint density at radius 2 is 1.79 bits per heavy atom. The molecule has 0 radical (unpaired) electrons. The molecule has 9 heteroatoms. The monoisotopic (exact) mass is 473 g/mol. The molecule has 0 saturated carbocycles. The number of methoxy groups -OCH3 is 1. The molecular weight excluding hydrogens is 442 g/mol. The van der Waals surface area contributed by atoms with Crippen LogP contribution in [0.4, 0.5) is 11.8 Å². The van der Waals surface area contributed by atoms with Gasteiger partial charge < -0.3 is 24.6 Å². The molecule has 1 amide bonds. The van der Waals surface area contributed by atoms with Gasteiger partial charge >= 0.3 is 0 Å². The Labute approximate surface area is 200 Å². The summed E-state index contributed by atoms with van der Waals surface area (Å²) in [5.41, 5.74) is 1.04. The van der Waals surface area contributed by atoms with Gasteiger partial charge in [-0.15, -0.1) is 0 Å². The summed E-state index contributed by atoms with van der Waals surface area (Å²) in [5, 5.41) is 3.45. The second-order valence-corrected chi connectivity index (χ2v) is 9.14. The van der Waals surface area contributed by atoms with E-state index in [0.717, 1.165) is 62.0 Å². The second kappa shape index (κ2) is 10.6. The summed E-state index contributed by atoms with van der Waals surface area (Å²) in [6, 6.07) is 7.85. The zero-order valence-corrected chi connectivity index (χ0v) is 20.2. The van der Waals surface area contributed by atoms with Gasteiger partial charge in [-0.3, -0.25) is 4.79 Å². The van der Waals surface area contributed by atoms with E-state index in [1.165, 1.54) is 6.92 Å². The number of halogens is 1. The van der Waals surface area contributed by atoms with Crippen molar-refractivity contribution in [1.29, 1.82) is 0 Å². The number of anilines is 2. The van der Waals surface area contributed by atoms with E-state index in [1.807, 2.05) is 31.2 Å². The van der Waals surface area contributed by atoms with Crippen LogP contribution in [0.2, 0.25) is 5.02 Å². The van der Waals surface area contributed by atoms with Crippen molar-refractivity contribution in [3.05, 3.63) is 41.0 Å². The number of carbonyl (C=O) groups is 1. The van der Waals surface area contributed by atoms with Crippen LogP contribution in [0.3, 0.4) is 0 Å². The van der Waals surface area contributed by atoms with Crippen molar-refractivity contribution >= 4 is 29.3 Å². The maximum Gasteiger partial charge on any atom is 0.227 e. The lowest BCUT2D eigenvalue weighted by molar-refractivity contribution is -0.119. The van der Waals surface area contributed by atoms with Crippen molar-refractivity contribution in [3.63, 3.8) is 0 Å². The number of aromatic nitrogens is 2. The number of rotatable bonds is 7. The number of carbonyl (C=O) groups excluding carboxylic acids is 1. The second-order valence-electron chi connectivity index (χ2n) is 8.73. The molecule has 2 aromatic rings. The molecule has 2 fully saturated rings. The zero-order chi connectivity index (χ0) is 23.4. The Hall–Kier alpha value is -2.58. The number of piperidine rings is 1. The Morgan fingerprint density at radius 1 is 1.12 bits per heavy atom. The minimum absolute atomic E-state index is 0.0343. The number of hydrogen-bond acceptors (Lipinski definition) is 7. The van der Waals surface area contributed by atoms with Crippen molar-refractivity contribution < 1.29 is 14.3 Å². The number of benzene rings is 1. The summed E-state index contributed by atoms with van der Waals surface area (Å²) in [6.07, 6.45) is 4.89. The Balaban J connectivity index is 1.36. The van der Waals surface area contributed by atoms with Crippen LogP contribution >= 0.6 is 11.6 Å². The van der Waals surface area contributed by atoms with Gasteiger partial charge in [0.2, 0.25) is 11.9 Å². The lowest BCUT2D eigenvalue weighted by Crippen LogP contribution is -2.38. The van der Waals surface area contributed by atoms with Crippen LogP contribution in [0.5, 0.6) is 5.75 Å². The van der Waals surface area contributed by atoms with E-state index >= 15 is 0 Å². The number of ether oxygens (including phenoxy) is 2. The first-order chi connectivity index (χ1) is 15.9. The van der Waals surface area contributed by atoms with E-state index in [1.54, 1.807) is 13.3 Å². The van der Waals surface area contributed by atoms with Gasteiger partial charge in [0.15, 0.2) is 5.82 Å². The average molecular weight is 474 g/mol. The van der Waals surface area contributed by atoms with Gasteiger partial charge in [0.25, 0.3) is 0 Å². The van der Waals surface area contributed by atoms with Gasteiger partial charge in [-0.25, -0.2) is 4.98 Å². The Bertz CT molecular complexity index is 950. The Morgan fingerprint density at radius 3 is 2.45 bits per heavy atom. The van der Waals surface area contributed by atoms with Crippen LogP contribution in [0.25, 0.3) is 0 Å². The van der Waals surface area contributed by atoms with Gasteiger partial charge in [0.05, 0.1) is 24.9 Å². The quantitative estimate of drug-likeness (QED) is 0.658. The highest BCUT2D eigenvalue weighted by Gasteiger charge is 2.28. The minimum Gasteiger partial charge on any atom is -0.489 e. The molecule has 1 aromatic heterocycles. The Kier molecular flexibility index (Phi) is 7.55. The highest BCUT2D eigenvalue weighted by Crippen LogP contribution is 2.30. The van der Waals surface area contributed by atoms with Gasteiger partial charge in [0.1, 0.15) is 16.9 Å². The maximum absolute atomic E-state index is 11.3. The molecule has 8 nitrogen and oxygen atoms in total. The third-order valence-electron chi connectivity index (χ3n) is 6.32. The minimum atomic E-state index is -0.0418. The summed E-state index contributed by atoms with van der Waals surface area (Å²) in [5.74, 6) is 2.26. The number of nitrogens with one attached hydrogen (secondary N) is 1. The van der Waals surface area contributed by atoms with Gasteiger partial charge in [-0.1, -0.05) is 23.7 Å². The topological polar surface area (TPSA) is 79.8 Å².